The van der Waals surface area contributed by atoms with Crippen LogP contribution in [0.3, 0.4) is 0 Å². The number of carbonyl (C=O) groups is 2. The molecule has 0 saturated carbocycles. The Balaban J connectivity index is 2.45. The van der Waals surface area contributed by atoms with Crippen molar-refractivity contribution >= 4 is 29.3 Å². The molecule has 1 amide bonds. The fourth-order valence-electron chi connectivity index (χ4n) is 1.35. The van der Waals surface area contributed by atoms with E-state index in [1.807, 2.05) is 31.2 Å². The number of rotatable bonds is 6. The third-order valence-corrected chi connectivity index (χ3v) is 3.61. The minimum Gasteiger partial charge on any atom is -0.481 e. The first-order valence-electron chi connectivity index (χ1n) is 5.70. The summed E-state index contributed by atoms with van der Waals surface area (Å²) in [6, 6.07) is 7.56. The molecule has 1 atom stereocenters. The highest BCUT2D eigenvalue weighted by molar-refractivity contribution is 8.00. The van der Waals surface area contributed by atoms with Gasteiger partial charge in [0.2, 0.25) is 5.91 Å². The minimum absolute atomic E-state index is 0.0760. The fraction of sp³-hybridized carbons (Fsp3) is 0.385. The van der Waals surface area contributed by atoms with E-state index in [0.29, 0.717) is 5.75 Å². The molecular weight excluding hydrogens is 250 g/mol. The highest BCUT2D eigenvalue weighted by atomic mass is 32.2. The molecular formula is C13H17NO3S. The third-order valence-electron chi connectivity index (χ3n) is 2.46. The maximum absolute atomic E-state index is 11.9. The van der Waals surface area contributed by atoms with Gasteiger partial charge in [-0.05, 0) is 25.5 Å². The third kappa shape index (κ3) is 4.79. The lowest BCUT2D eigenvalue weighted by molar-refractivity contribution is -0.136. The first-order valence-corrected chi connectivity index (χ1v) is 6.75. The van der Waals surface area contributed by atoms with Crippen LogP contribution in [0.5, 0.6) is 0 Å². The largest absolute Gasteiger partial charge is 0.481 e. The number of aliphatic carboxylic acids is 1. The van der Waals surface area contributed by atoms with E-state index in [2.05, 4.69) is 5.32 Å². The standard InChI is InChI=1S/C13H17NO3S/c1-9-5-3-4-6-11(9)14-13(17)10(2)18-8-7-12(15)16/h3-6,10H,7-8H2,1-2H3,(H,14,17)(H,15,16). The molecule has 2 N–H and O–H groups in total. The number of thioether (sulfide) groups is 1. The first kappa shape index (κ1) is 14.6. The smallest absolute Gasteiger partial charge is 0.304 e. The van der Waals surface area contributed by atoms with Gasteiger partial charge in [-0.1, -0.05) is 18.2 Å². The number of amides is 1. The highest BCUT2D eigenvalue weighted by Gasteiger charge is 2.14. The normalized spacial score (nSPS) is 11.9. The van der Waals surface area contributed by atoms with Crippen molar-refractivity contribution in [2.75, 3.05) is 11.1 Å². The number of carboxylic acid groups (broad SMARTS) is 1. The van der Waals surface area contributed by atoms with Gasteiger partial charge in [-0.3, -0.25) is 9.59 Å². The molecule has 18 heavy (non-hydrogen) atoms. The van der Waals surface area contributed by atoms with E-state index in [9.17, 15) is 9.59 Å². The lowest BCUT2D eigenvalue weighted by atomic mass is 10.2. The van der Waals surface area contributed by atoms with Gasteiger partial charge in [0.15, 0.2) is 0 Å². The zero-order chi connectivity index (χ0) is 13.5. The van der Waals surface area contributed by atoms with Crippen LogP contribution >= 0.6 is 11.8 Å². The lowest BCUT2D eigenvalue weighted by Crippen LogP contribution is -2.23. The topological polar surface area (TPSA) is 66.4 Å². The van der Waals surface area contributed by atoms with Crippen molar-refractivity contribution in [3.05, 3.63) is 29.8 Å². The summed E-state index contributed by atoms with van der Waals surface area (Å²) in [7, 11) is 0. The maximum atomic E-state index is 11.9. The van der Waals surface area contributed by atoms with Gasteiger partial charge < -0.3 is 10.4 Å². The summed E-state index contributed by atoms with van der Waals surface area (Å²) in [6.07, 6.45) is 0.0760. The number of nitrogens with one attached hydrogen (secondary N) is 1. The summed E-state index contributed by atoms with van der Waals surface area (Å²) in [4.78, 5) is 22.2. The molecule has 0 aliphatic carbocycles. The van der Waals surface area contributed by atoms with Crippen LogP contribution in [0.15, 0.2) is 24.3 Å². The number of anilines is 1. The molecule has 98 valence electrons. The van der Waals surface area contributed by atoms with Crippen molar-refractivity contribution in [1.82, 2.24) is 0 Å². The summed E-state index contributed by atoms with van der Waals surface area (Å²) in [5.74, 6) is -0.494. The van der Waals surface area contributed by atoms with E-state index in [-0.39, 0.29) is 17.6 Å². The molecule has 0 fully saturated rings. The van der Waals surface area contributed by atoms with Gasteiger partial charge in [0.1, 0.15) is 0 Å². The van der Waals surface area contributed by atoms with E-state index in [1.165, 1.54) is 11.8 Å². The second kappa shape index (κ2) is 7.06. The average Bonchev–Trinajstić information content (AvgIpc) is 2.31. The van der Waals surface area contributed by atoms with Crippen LogP contribution < -0.4 is 5.32 Å². The molecule has 0 spiro atoms. The van der Waals surface area contributed by atoms with Gasteiger partial charge in [-0.2, -0.15) is 0 Å². The van der Waals surface area contributed by atoms with Crippen molar-refractivity contribution in [1.29, 1.82) is 0 Å². The Bertz CT molecular complexity index is 434. The Hall–Kier alpha value is -1.49. The van der Waals surface area contributed by atoms with E-state index in [0.717, 1.165) is 11.3 Å². The molecule has 1 unspecified atom stereocenters. The summed E-state index contributed by atoms with van der Waals surface area (Å²) in [6.45, 7) is 3.71. The molecule has 0 aliphatic heterocycles. The molecule has 5 heteroatoms. The fourth-order valence-corrected chi connectivity index (χ4v) is 2.20. The quantitative estimate of drug-likeness (QED) is 0.831. The van der Waals surface area contributed by atoms with Gasteiger partial charge >= 0.3 is 5.97 Å². The highest BCUT2D eigenvalue weighted by Crippen LogP contribution is 2.17. The van der Waals surface area contributed by atoms with Crippen LogP contribution in [-0.4, -0.2) is 28.0 Å². The zero-order valence-corrected chi connectivity index (χ0v) is 11.3. The first-order chi connectivity index (χ1) is 8.50. The molecule has 0 bridgehead atoms. The monoisotopic (exact) mass is 267 g/mol. The maximum Gasteiger partial charge on any atom is 0.304 e. The Morgan fingerprint density at radius 3 is 2.67 bits per heavy atom. The molecule has 0 radical (unpaired) electrons. The molecule has 0 aromatic heterocycles. The Morgan fingerprint density at radius 1 is 1.39 bits per heavy atom. The zero-order valence-electron chi connectivity index (χ0n) is 10.5. The number of aryl methyl sites for hydroxylation is 1. The van der Waals surface area contributed by atoms with Crippen molar-refractivity contribution < 1.29 is 14.7 Å². The number of carboxylic acids is 1. The molecule has 4 nitrogen and oxygen atoms in total. The molecule has 0 aliphatic rings. The number of hydrogen-bond acceptors (Lipinski definition) is 3. The van der Waals surface area contributed by atoms with Crippen molar-refractivity contribution in [3.8, 4) is 0 Å². The SMILES string of the molecule is Cc1ccccc1NC(=O)C(C)SCCC(=O)O. The van der Waals surface area contributed by atoms with Crippen LogP contribution in [-0.2, 0) is 9.59 Å². The van der Waals surface area contributed by atoms with Crippen LogP contribution in [0.25, 0.3) is 0 Å². The van der Waals surface area contributed by atoms with Crippen LogP contribution in [0.4, 0.5) is 5.69 Å². The van der Waals surface area contributed by atoms with E-state index < -0.39 is 5.97 Å². The predicted molar refractivity (Wildman–Crippen MR) is 74.0 cm³/mol. The Labute approximate surface area is 111 Å². The Kier molecular flexibility index (Phi) is 5.71. The van der Waals surface area contributed by atoms with E-state index >= 15 is 0 Å². The second-order valence-electron chi connectivity index (χ2n) is 3.96. The predicted octanol–water partition coefficient (Wildman–Crippen LogP) is 2.53. The average molecular weight is 267 g/mol. The van der Waals surface area contributed by atoms with Gasteiger partial charge in [-0.15, -0.1) is 11.8 Å². The van der Waals surface area contributed by atoms with Gasteiger partial charge in [0.25, 0.3) is 0 Å². The summed E-state index contributed by atoms with van der Waals surface area (Å²) >= 11 is 1.35. The molecule has 0 saturated heterocycles. The Morgan fingerprint density at radius 2 is 2.06 bits per heavy atom. The van der Waals surface area contributed by atoms with Crippen molar-refractivity contribution in [2.24, 2.45) is 0 Å². The van der Waals surface area contributed by atoms with Crippen molar-refractivity contribution in [2.45, 2.75) is 25.5 Å². The number of benzene rings is 1. The minimum atomic E-state index is -0.839. The lowest BCUT2D eigenvalue weighted by Gasteiger charge is -2.12. The van der Waals surface area contributed by atoms with Gasteiger partial charge in [-0.25, -0.2) is 0 Å². The molecule has 1 rings (SSSR count). The second-order valence-corrected chi connectivity index (χ2v) is 5.41. The van der Waals surface area contributed by atoms with Crippen LogP contribution in [0.1, 0.15) is 18.9 Å². The molecule has 0 heterocycles. The van der Waals surface area contributed by atoms with E-state index in [4.69, 9.17) is 5.11 Å². The number of para-hydroxylation sites is 1. The summed E-state index contributed by atoms with van der Waals surface area (Å²) in [5, 5.41) is 11.1. The van der Waals surface area contributed by atoms with Gasteiger partial charge in [0, 0.05) is 11.4 Å². The summed E-state index contributed by atoms with van der Waals surface area (Å²) in [5.41, 5.74) is 1.81. The van der Waals surface area contributed by atoms with Crippen LogP contribution in [0.2, 0.25) is 0 Å². The number of carbonyl (C=O) groups excluding carboxylic acids is 1. The molecule has 1 aromatic carbocycles. The molecule has 1 aromatic rings. The summed E-state index contributed by atoms with van der Waals surface area (Å²) < 4.78 is 0. The van der Waals surface area contributed by atoms with Crippen LogP contribution in [0, 0.1) is 6.92 Å². The number of hydrogen-bond donors (Lipinski definition) is 2. The van der Waals surface area contributed by atoms with Crippen molar-refractivity contribution in [3.63, 3.8) is 0 Å². The van der Waals surface area contributed by atoms with Gasteiger partial charge in [0.05, 0.1) is 11.7 Å². The van der Waals surface area contributed by atoms with E-state index in [1.54, 1.807) is 6.92 Å².